The zero-order valence-electron chi connectivity index (χ0n) is 20.5. The van der Waals surface area contributed by atoms with E-state index in [1.165, 1.54) is 42.6 Å². The second kappa shape index (κ2) is 10.3. The largest absolute Gasteiger partial charge is 0.495 e. The summed E-state index contributed by atoms with van der Waals surface area (Å²) in [6.45, 7) is 3.18. The van der Waals surface area contributed by atoms with Crippen molar-refractivity contribution in [1.82, 2.24) is 0 Å². The lowest BCUT2D eigenvalue weighted by atomic mass is 10.2. The van der Waals surface area contributed by atoms with Crippen molar-refractivity contribution < 1.29 is 31.1 Å². The van der Waals surface area contributed by atoms with Crippen molar-refractivity contribution in [3.8, 4) is 11.5 Å². The van der Waals surface area contributed by atoms with Crippen LogP contribution in [0.25, 0.3) is 0 Å². The number of hydrogen-bond acceptors (Lipinski definition) is 7. The fourth-order valence-electron chi connectivity index (χ4n) is 3.80. The Bertz CT molecular complexity index is 1520. The lowest BCUT2D eigenvalue weighted by Gasteiger charge is -2.34. The highest BCUT2D eigenvalue weighted by Gasteiger charge is 2.36. The maximum absolute atomic E-state index is 13.0. The molecule has 12 heteroatoms. The molecular formula is C25H27N3O7S2. The minimum Gasteiger partial charge on any atom is -0.495 e. The second-order valence-electron chi connectivity index (χ2n) is 8.33. The number of carbonyl (C=O) groups excluding carboxylic acids is 1. The third kappa shape index (κ3) is 5.65. The van der Waals surface area contributed by atoms with E-state index >= 15 is 0 Å². The molecular weight excluding hydrogens is 518 g/mol. The van der Waals surface area contributed by atoms with Crippen LogP contribution in [-0.2, 0) is 24.8 Å². The lowest BCUT2D eigenvalue weighted by Crippen LogP contribution is -2.49. The summed E-state index contributed by atoms with van der Waals surface area (Å²) in [5.74, 6) is -0.0334. The first kappa shape index (κ1) is 26.3. The van der Waals surface area contributed by atoms with Gasteiger partial charge in [-0.3, -0.25) is 13.8 Å². The van der Waals surface area contributed by atoms with Gasteiger partial charge in [0.15, 0.2) is 6.10 Å². The van der Waals surface area contributed by atoms with Crippen LogP contribution in [0.3, 0.4) is 0 Å². The van der Waals surface area contributed by atoms with Crippen LogP contribution in [0.1, 0.15) is 12.5 Å². The minimum atomic E-state index is -3.93. The summed E-state index contributed by atoms with van der Waals surface area (Å²) in [6.07, 6.45) is -1.10. The van der Waals surface area contributed by atoms with Gasteiger partial charge in [0, 0.05) is 5.69 Å². The molecule has 196 valence electrons. The Kier molecular flexibility index (Phi) is 7.32. The normalized spacial score (nSPS) is 15.3. The molecule has 37 heavy (non-hydrogen) atoms. The maximum Gasteiger partial charge on any atom is 0.267 e. The van der Waals surface area contributed by atoms with E-state index in [0.717, 1.165) is 5.56 Å². The highest BCUT2D eigenvalue weighted by molar-refractivity contribution is 7.93. The Morgan fingerprint density at radius 1 is 1.05 bits per heavy atom. The second-order valence-corrected chi connectivity index (χ2v) is 12.2. The summed E-state index contributed by atoms with van der Waals surface area (Å²) in [5.41, 5.74) is 1.86. The number of aryl methyl sites for hydroxylation is 1. The van der Waals surface area contributed by atoms with Crippen LogP contribution in [0.5, 0.6) is 11.5 Å². The summed E-state index contributed by atoms with van der Waals surface area (Å²) in [5, 5.41) is 2.67. The van der Waals surface area contributed by atoms with E-state index < -0.39 is 32.1 Å². The van der Waals surface area contributed by atoms with Crippen molar-refractivity contribution in [3.63, 3.8) is 0 Å². The van der Waals surface area contributed by atoms with Crippen molar-refractivity contribution in [2.75, 3.05) is 33.8 Å². The van der Waals surface area contributed by atoms with Gasteiger partial charge in [0.25, 0.3) is 15.9 Å². The van der Waals surface area contributed by atoms with E-state index in [0.29, 0.717) is 22.8 Å². The average Bonchev–Trinajstić information content (AvgIpc) is 2.88. The number of nitrogens with one attached hydrogen (secondary N) is 2. The van der Waals surface area contributed by atoms with Gasteiger partial charge in [-0.15, -0.1) is 0 Å². The molecule has 1 unspecified atom stereocenters. The average molecular weight is 546 g/mol. The number of amides is 1. The smallest absolute Gasteiger partial charge is 0.267 e. The van der Waals surface area contributed by atoms with Crippen molar-refractivity contribution >= 4 is 43.0 Å². The first-order chi connectivity index (χ1) is 17.5. The molecule has 1 amide bonds. The number of para-hydroxylation sites is 2. The molecule has 1 aliphatic heterocycles. The van der Waals surface area contributed by atoms with Gasteiger partial charge in [-0.2, -0.15) is 0 Å². The van der Waals surface area contributed by atoms with Crippen LogP contribution < -0.4 is 23.8 Å². The Morgan fingerprint density at radius 2 is 1.76 bits per heavy atom. The van der Waals surface area contributed by atoms with Gasteiger partial charge in [0.1, 0.15) is 11.5 Å². The van der Waals surface area contributed by atoms with Gasteiger partial charge < -0.3 is 14.8 Å². The monoisotopic (exact) mass is 545 g/mol. The topological polar surface area (TPSA) is 131 Å². The van der Waals surface area contributed by atoms with Gasteiger partial charge in [0.2, 0.25) is 10.0 Å². The standard InChI is InChI=1S/C25H27N3O7S2/c1-4-36(30,31)28-16-24(35-23-8-6-5-7-21(23)28)25(29)26-18-10-12-19(13-11-18)37(32,33)27-20-15-17(2)9-14-22(20)34-3/h5-15,24,27H,4,16H2,1-3H3,(H,26,29). The van der Waals surface area contributed by atoms with Gasteiger partial charge in [0.05, 0.1) is 35.7 Å². The summed E-state index contributed by atoms with van der Waals surface area (Å²) in [4.78, 5) is 12.9. The van der Waals surface area contributed by atoms with E-state index in [9.17, 15) is 21.6 Å². The zero-order chi connectivity index (χ0) is 26.8. The summed E-state index contributed by atoms with van der Waals surface area (Å²) < 4.78 is 65.8. The SMILES string of the molecule is CCS(=O)(=O)N1CC(C(=O)Nc2ccc(S(=O)(=O)Nc3cc(C)ccc3OC)cc2)Oc2ccccc21. The first-order valence-electron chi connectivity index (χ1n) is 11.4. The fraction of sp³-hybridized carbons (Fsp3) is 0.240. The molecule has 10 nitrogen and oxygen atoms in total. The molecule has 0 spiro atoms. The number of carbonyl (C=O) groups is 1. The Balaban J connectivity index is 1.50. The van der Waals surface area contributed by atoms with E-state index in [-0.39, 0.29) is 22.9 Å². The number of ether oxygens (including phenoxy) is 2. The summed E-state index contributed by atoms with van der Waals surface area (Å²) in [6, 6.07) is 17.3. The third-order valence-corrected chi connectivity index (χ3v) is 8.89. The Labute approximate surface area is 216 Å². The number of rotatable bonds is 8. The van der Waals surface area contributed by atoms with Crippen LogP contribution in [0.15, 0.2) is 71.6 Å². The molecule has 1 atom stereocenters. The predicted octanol–water partition coefficient (Wildman–Crippen LogP) is 3.36. The molecule has 2 N–H and O–H groups in total. The zero-order valence-corrected chi connectivity index (χ0v) is 22.1. The first-order valence-corrected chi connectivity index (χ1v) is 14.5. The third-order valence-electron chi connectivity index (χ3n) is 5.76. The van der Waals surface area contributed by atoms with Crippen LogP contribution in [-0.4, -0.2) is 48.3 Å². The molecule has 3 aromatic rings. The lowest BCUT2D eigenvalue weighted by molar-refractivity contribution is -0.122. The summed E-state index contributed by atoms with van der Waals surface area (Å²) in [7, 11) is -6.12. The Morgan fingerprint density at radius 3 is 2.43 bits per heavy atom. The highest BCUT2D eigenvalue weighted by atomic mass is 32.2. The fourth-order valence-corrected chi connectivity index (χ4v) is 5.99. The van der Waals surface area contributed by atoms with E-state index in [2.05, 4.69) is 10.0 Å². The molecule has 0 bridgehead atoms. The van der Waals surface area contributed by atoms with Crippen LogP contribution in [0, 0.1) is 6.92 Å². The van der Waals surface area contributed by atoms with E-state index in [1.807, 2.05) is 6.92 Å². The molecule has 0 radical (unpaired) electrons. The molecule has 1 heterocycles. The van der Waals surface area contributed by atoms with Crippen LogP contribution >= 0.6 is 0 Å². The highest BCUT2D eigenvalue weighted by Crippen LogP contribution is 2.35. The number of anilines is 3. The molecule has 0 aromatic heterocycles. The number of sulfonamides is 2. The van der Waals surface area contributed by atoms with Gasteiger partial charge in [-0.05, 0) is 67.9 Å². The van der Waals surface area contributed by atoms with E-state index in [1.54, 1.807) is 42.5 Å². The van der Waals surface area contributed by atoms with Gasteiger partial charge in [-0.25, -0.2) is 16.8 Å². The molecule has 1 aliphatic rings. The molecule has 0 saturated carbocycles. The Hall–Kier alpha value is -3.77. The number of hydrogen-bond donors (Lipinski definition) is 2. The van der Waals surface area contributed by atoms with Crippen molar-refractivity contribution in [3.05, 3.63) is 72.3 Å². The van der Waals surface area contributed by atoms with Gasteiger partial charge >= 0.3 is 0 Å². The number of benzene rings is 3. The molecule has 0 fully saturated rings. The van der Waals surface area contributed by atoms with Crippen molar-refractivity contribution in [1.29, 1.82) is 0 Å². The van der Waals surface area contributed by atoms with Gasteiger partial charge in [-0.1, -0.05) is 18.2 Å². The summed E-state index contributed by atoms with van der Waals surface area (Å²) >= 11 is 0. The van der Waals surface area contributed by atoms with Crippen LogP contribution in [0.4, 0.5) is 17.1 Å². The molecule has 3 aromatic carbocycles. The molecule has 4 rings (SSSR count). The maximum atomic E-state index is 13.0. The van der Waals surface area contributed by atoms with Crippen molar-refractivity contribution in [2.45, 2.75) is 24.8 Å². The molecule has 0 saturated heterocycles. The molecule has 0 aliphatic carbocycles. The van der Waals surface area contributed by atoms with E-state index in [4.69, 9.17) is 9.47 Å². The minimum absolute atomic E-state index is 0.0166. The quantitative estimate of drug-likeness (QED) is 0.444. The number of fused-ring (bicyclic) bond motifs is 1. The van der Waals surface area contributed by atoms with Crippen molar-refractivity contribution in [2.24, 2.45) is 0 Å². The number of nitrogens with zero attached hydrogens (tertiary/aromatic N) is 1. The predicted molar refractivity (Wildman–Crippen MR) is 141 cm³/mol. The van der Waals surface area contributed by atoms with Crippen LogP contribution in [0.2, 0.25) is 0 Å². The number of methoxy groups -OCH3 is 1.